The minimum absolute atomic E-state index is 0.0184. The van der Waals surface area contributed by atoms with Crippen LogP contribution in [0.15, 0.2) is 65.6 Å². The molecule has 1 aliphatic rings. The minimum atomic E-state index is -4.71. The van der Waals surface area contributed by atoms with E-state index in [1.807, 2.05) is 0 Å². The molecule has 0 saturated carbocycles. The maximum atomic E-state index is 14.2. The third-order valence-corrected chi connectivity index (χ3v) is 6.90. The van der Waals surface area contributed by atoms with Crippen LogP contribution in [0.25, 0.3) is 11.1 Å². The van der Waals surface area contributed by atoms with Crippen molar-refractivity contribution >= 4 is 21.7 Å². The summed E-state index contributed by atoms with van der Waals surface area (Å²) in [6.07, 6.45) is -4.49. The number of sulfonamides is 1. The quantitative estimate of drug-likeness (QED) is 0.437. The van der Waals surface area contributed by atoms with Gasteiger partial charge in [0, 0.05) is 12.0 Å². The van der Waals surface area contributed by atoms with Crippen LogP contribution < -0.4 is 9.04 Å². The van der Waals surface area contributed by atoms with Gasteiger partial charge in [-0.2, -0.15) is 13.2 Å². The number of benzene rings is 3. The van der Waals surface area contributed by atoms with E-state index < -0.39 is 44.3 Å². The number of ether oxygens (including phenoxy) is 1. The molecule has 0 amide bonds. The molecule has 0 saturated heterocycles. The number of halogens is 5. The number of carbonyl (C=O) groups is 1. The molecule has 1 heterocycles. The first-order valence-corrected chi connectivity index (χ1v) is 11.9. The van der Waals surface area contributed by atoms with E-state index >= 15 is 0 Å². The summed E-state index contributed by atoms with van der Waals surface area (Å²) in [5.74, 6) is -2.77. The molecule has 0 aliphatic carbocycles. The topological polar surface area (TPSA) is 83.9 Å². The molecule has 1 N–H and O–H groups in total. The van der Waals surface area contributed by atoms with Crippen LogP contribution >= 0.6 is 0 Å². The minimum Gasteiger partial charge on any atom is -0.489 e. The summed E-state index contributed by atoms with van der Waals surface area (Å²) in [4.78, 5) is 8.82. The van der Waals surface area contributed by atoms with E-state index in [-0.39, 0.29) is 42.1 Å². The molecule has 0 aromatic heterocycles. The molecule has 0 spiro atoms. The number of hydrogen-bond donors (Lipinski definition) is 1. The van der Waals surface area contributed by atoms with Crippen LogP contribution in [0.3, 0.4) is 0 Å². The van der Waals surface area contributed by atoms with Gasteiger partial charge >= 0.3 is 12.1 Å². The summed E-state index contributed by atoms with van der Waals surface area (Å²) in [5.41, 5.74) is -0.988. The lowest BCUT2D eigenvalue weighted by Crippen LogP contribution is -2.38. The molecule has 3 aromatic rings. The second kappa shape index (κ2) is 10.5. The number of aliphatic carboxylic acids is 1. The van der Waals surface area contributed by atoms with Crippen LogP contribution in [0, 0.1) is 11.6 Å². The Balaban J connectivity index is 0.000000658. The van der Waals surface area contributed by atoms with Crippen LogP contribution in [0.1, 0.15) is 18.9 Å². The summed E-state index contributed by atoms with van der Waals surface area (Å²) < 4.78 is 99.7. The van der Waals surface area contributed by atoms with E-state index in [4.69, 9.17) is 9.84 Å². The molecular weight excluding hydrogens is 509 g/mol. The van der Waals surface area contributed by atoms with E-state index in [1.54, 1.807) is 6.92 Å². The number of carboxylic acids is 1. The molecule has 0 bridgehead atoms. The third-order valence-electron chi connectivity index (χ3n) is 5.09. The maximum absolute atomic E-state index is 14.2. The summed E-state index contributed by atoms with van der Waals surface area (Å²) >= 11 is 0. The summed E-state index contributed by atoms with van der Waals surface area (Å²) in [6, 6.07) is 11.1. The first-order valence-electron chi connectivity index (χ1n) is 10.5. The van der Waals surface area contributed by atoms with Gasteiger partial charge in [0.2, 0.25) is 0 Å². The Hall–Kier alpha value is -3.67. The number of alkyl halides is 3. The zero-order valence-corrected chi connectivity index (χ0v) is 19.5. The van der Waals surface area contributed by atoms with Gasteiger partial charge in [-0.25, -0.2) is 17.2 Å². The van der Waals surface area contributed by atoms with Crippen LogP contribution in [-0.2, 0) is 21.0 Å². The monoisotopic (exact) mass is 529 g/mol. The van der Waals surface area contributed by atoms with Crippen molar-refractivity contribution in [1.29, 1.82) is 0 Å². The van der Waals surface area contributed by atoms with Gasteiger partial charge in [-0.1, -0.05) is 31.2 Å². The molecule has 1 aliphatic heterocycles. The van der Waals surface area contributed by atoms with Crippen molar-refractivity contribution in [3.8, 4) is 16.9 Å². The fourth-order valence-corrected chi connectivity index (χ4v) is 4.79. The number of rotatable bonds is 4. The van der Waals surface area contributed by atoms with Gasteiger partial charge in [-0.15, -0.1) is 0 Å². The van der Waals surface area contributed by atoms with Gasteiger partial charge in [0.1, 0.15) is 12.4 Å². The largest absolute Gasteiger partial charge is 0.489 e. The Kier molecular flexibility index (Phi) is 7.87. The van der Waals surface area contributed by atoms with Crippen molar-refractivity contribution in [1.82, 2.24) is 0 Å². The Bertz CT molecular complexity index is 1380. The van der Waals surface area contributed by atoms with Crippen LogP contribution in [0.5, 0.6) is 5.75 Å². The summed E-state index contributed by atoms with van der Waals surface area (Å²) in [7, 11) is -4.39. The first-order chi connectivity index (χ1) is 16.9. The fourth-order valence-electron chi connectivity index (χ4n) is 3.30. The average molecular weight is 529 g/mol. The standard InChI is InChI=1S/C21H14F5NO3S.C3H6O2/c22-17-6-2-5-16(20(17)23)13-7-8-19-18(11-13)27(9-10-30-19)31(28,29)15-4-1-3-14(12-15)21(24,25)26;1-2-3(4)5/h1-8,11-12H,9-10H2;2H2,1H3,(H,4,5). The predicted molar refractivity (Wildman–Crippen MR) is 121 cm³/mol. The van der Waals surface area contributed by atoms with Crippen molar-refractivity contribution in [2.75, 3.05) is 17.5 Å². The van der Waals surface area contributed by atoms with Crippen LogP contribution in [0.4, 0.5) is 27.6 Å². The highest BCUT2D eigenvalue weighted by Crippen LogP contribution is 2.40. The van der Waals surface area contributed by atoms with Gasteiger partial charge in [0.15, 0.2) is 11.6 Å². The lowest BCUT2D eigenvalue weighted by Gasteiger charge is -2.31. The molecule has 0 radical (unpaired) electrons. The molecule has 0 fully saturated rings. The van der Waals surface area contributed by atoms with Crippen LogP contribution in [-0.4, -0.2) is 32.6 Å². The predicted octanol–water partition coefficient (Wildman–Crippen LogP) is 5.72. The Morgan fingerprint density at radius 1 is 1.06 bits per heavy atom. The van der Waals surface area contributed by atoms with Crippen molar-refractivity contribution in [2.45, 2.75) is 24.4 Å². The van der Waals surface area contributed by atoms with E-state index in [9.17, 15) is 35.2 Å². The van der Waals surface area contributed by atoms with Crippen molar-refractivity contribution in [3.63, 3.8) is 0 Å². The highest BCUT2D eigenvalue weighted by Gasteiger charge is 2.35. The Morgan fingerprint density at radius 3 is 2.36 bits per heavy atom. The van der Waals surface area contributed by atoms with E-state index in [2.05, 4.69) is 0 Å². The molecule has 0 atom stereocenters. The molecular formula is C24H20F5NO5S. The van der Waals surface area contributed by atoms with Gasteiger partial charge in [0.25, 0.3) is 10.0 Å². The van der Waals surface area contributed by atoms with Crippen molar-refractivity contribution in [2.24, 2.45) is 0 Å². The summed E-state index contributed by atoms with van der Waals surface area (Å²) in [5, 5.41) is 7.72. The van der Waals surface area contributed by atoms with Gasteiger partial charge < -0.3 is 9.84 Å². The number of anilines is 1. The van der Waals surface area contributed by atoms with E-state index in [0.29, 0.717) is 6.07 Å². The number of nitrogens with zero attached hydrogens (tertiary/aromatic N) is 1. The highest BCUT2D eigenvalue weighted by molar-refractivity contribution is 7.92. The zero-order valence-electron chi connectivity index (χ0n) is 18.7. The Morgan fingerprint density at radius 2 is 1.72 bits per heavy atom. The molecule has 3 aromatic carbocycles. The molecule has 192 valence electrons. The molecule has 6 nitrogen and oxygen atoms in total. The molecule has 0 unspecified atom stereocenters. The van der Waals surface area contributed by atoms with Gasteiger partial charge in [-0.05, 0) is 42.0 Å². The normalized spacial score (nSPS) is 13.2. The van der Waals surface area contributed by atoms with E-state index in [0.717, 1.165) is 28.6 Å². The second-order valence-corrected chi connectivity index (χ2v) is 9.34. The molecule has 4 rings (SSSR count). The van der Waals surface area contributed by atoms with Crippen molar-refractivity contribution < 1.29 is 45.0 Å². The summed E-state index contributed by atoms with van der Waals surface area (Å²) in [6.45, 7) is 1.40. The third kappa shape index (κ3) is 5.76. The average Bonchev–Trinajstić information content (AvgIpc) is 2.85. The Labute approximate surface area is 203 Å². The lowest BCUT2D eigenvalue weighted by atomic mass is 10.0. The lowest BCUT2D eigenvalue weighted by molar-refractivity contribution is -0.138. The first kappa shape index (κ1) is 26.9. The fraction of sp³-hybridized carbons (Fsp3) is 0.208. The number of carboxylic acid groups (broad SMARTS) is 1. The van der Waals surface area contributed by atoms with Gasteiger partial charge in [-0.3, -0.25) is 9.10 Å². The molecule has 36 heavy (non-hydrogen) atoms. The maximum Gasteiger partial charge on any atom is 0.416 e. The second-order valence-electron chi connectivity index (χ2n) is 7.48. The molecule has 12 heteroatoms. The SMILES string of the molecule is CCC(=O)O.O=S(=O)(c1cccc(C(F)(F)F)c1)N1CCOc2ccc(-c3cccc(F)c3F)cc21. The smallest absolute Gasteiger partial charge is 0.416 e. The van der Waals surface area contributed by atoms with Crippen molar-refractivity contribution in [3.05, 3.63) is 77.9 Å². The highest BCUT2D eigenvalue weighted by atomic mass is 32.2. The van der Waals surface area contributed by atoms with Gasteiger partial charge in [0.05, 0.1) is 22.7 Å². The van der Waals surface area contributed by atoms with E-state index in [1.165, 1.54) is 30.3 Å². The van der Waals surface area contributed by atoms with Crippen LogP contribution in [0.2, 0.25) is 0 Å². The number of fused-ring (bicyclic) bond motifs is 1. The zero-order chi connectivity index (χ0) is 26.7. The number of hydrogen-bond acceptors (Lipinski definition) is 4.